The molecule has 0 aromatic rings. The van der Waals surface area contributed by atoms with Crippen LogP contribution in [0, 0.1) is 16.7 Å². The Morgan fingerprint density at radius 2 is 1.78 bits per heavy atom. The zero-order valence-electron chi connectivity index (χ0n) is 12.0. The molecular weight excluding hydrogens is 288 g/mol. The van der Waals surface area contributed by atoms with E-state index in [4.69, 9.17) is 4.74 Å². The summed E-state index contributed by atoms with van der Waals surface area (Å²) in [4.78, 5) is 0.595. The van der Waals surface area contributed by atoms with Crippen LogP contribution in [0.25, 0.3) is 0 Å². The molecule has 0 aromatic heterocycles. The second-order valence-corrected chi connectivity index (χ2v) is 8.75. The molecule has 0 radical (unpaired) electrons. The van der Waals surface area contributed by atoms with Gasteiger partial charge in [0.25, 0.3) is 0 Å². The minimum absolute atomic E-state index is 0.418. The van der Waals surface area contributed by atoms with Crippen molar-refractivity contribution >= 4 is 15.9 Å². The first-order chi connectivity index (χ1) is 8.45. The molecule has 1 nitrogen and oxygen atoms in total. The van der Waals surface area contributed by atoms with Crippen LogP contribution >= 0.6 is 15.9 Å². The number of alkyl halides is 1. The highest BCUT2D eigenvalue weighted by Crippen LogP contribution is 2.66. The molecule has 104 valence electrons. The molecular formula is C16H27BrO. The highest BCUT2D eigenvalue weighted by atomic mass is 79.9. The van der Waals surface area contributed by atoms with Crippen LogP contribution in [0.2, 0.25) is 0 Å². The van der Waals surface area contributed by atoms with Gasteiger partial charge in [-0.05, 0) is 48.9 Å². The average Bonchev–Trinajstić information content (AvgIpc) is 2.65. The molecule has 2 bridgehead atoms. The molecule has 3 aliphatic rings. The van der Waals surface area contributed by atoms with Gasteiger partial charge in [0.2, 0.25) is 0 Å². The molecule has 3 fully saturated rings. The van der Waals surface area contributed by atoms with Crippen LogP contribution in [-0.2, 0) is 4.74 Å². The van der Waals surface area contributed by atoms with Gasteiger partial charge in [-0.3, -0.25) is 0 Å². The van der Waals surface area contributed by atoms with Crippen molar-refractivity contribution in [3.05, 3.63) is 0 Å². The molecule has 3 aliphatic carbocycles. The van der Waals surface area contributed by atoms with E-state index < -0.39 is 0 Å². The van der Waals surface area contributed by atoms with Gasteiger partial charge in [0.15, 0.2) is 0 Å². The summed E-state index contributed by atoms with van der Waals surface area (Å²) in [5.41, 5.74) is 0.899. The fraction of sp³-hybridized carbons (Fsp3) is 1.00. The van der Waals surface area contributed by atoms with Crippen LogP contribution in [-0.4, -0.2) is 17.0 Å². The van der Waals surface area contributed by atoms with Gasteiger partial charge in [-0.2, -0.15) is 0 Å². The van der Waals surface area contributed by atoms with Gasteiger partial charge in [0.05, 0.1) is 12.2 Å². The summed E-state index contributed by atoms with van der Waals surface area (Å²) >= 11 is 3.84. The highest BCUT2D eigenvalue weighted by molar-refractivity contribution is 9.09. The SMILES string of the molecule is CC1(C)C2CCC1(C)C(OC1CCCCC1Br)C2. The largest absolute Gasteiger partial charge is 0.373 e. The molecule has 2 heteroatoms. The molecule has 3 rings (SSSR count). The van der Waals surface area contributed by atoms with Crippen molar-refractivity contribution in [3.8, 4) is 0 Å². The fourth-order valence-corrected chi connectivity index (χ4v) is 5.46. The summed E-state index contributed by atoms with van der Waals surface area (Å²) in [5.74, 6) is 0.893. The second-order valence-electron chi connectivity index (χ2n) is 7.57. The molecule has 0 saturated heterocycles. The van der Waals surface area contributed by atoms with Gasteiger partial charge >= 0.3 is 0 Å². The van der Waals surface area contributed by atoms with Gasteiger partial charge in [-0.1, -0.05) is 49.5 Å². The summed E-state index contributed by atoms with van der Waals surface area (Å²) in [6, 6.07) is 0. The van der Waals surface area contributed by atoms with Gasteiger partial charge in [-0.15, -0.1) is 0 Å². The summed E-state index contributed by atoms with van der Waals surface area (Å²) < 4.78 is 6.59. The third-order valence-electron chi connectivity index (χ3n) is 6.67. The lowest BCUT2D eigenvalue weighted by Gasteiger charge is -2.41. The van der Waals surface area contributed by atoms with Gasteiger partial charge in [-0.25, -0.2) is 0 Å². The smallest absolute Gasteiger partial charge is 0.0704 e. The molecule has 0 aliphatic heterocycles. The van der Waals surface area contributed by atoms with Crippen molar-refractivity contribution in [2.24, 2.45) is 16.7 Å². The van der Waals surface area contributed by atoms with E-state index in [2.05, 4.69) is 36.7 Å². The Balaban J connectivity index is 1.71. The van der Waals surface area contributed by atoms with Crippen molar-refractivity contribution in [1.82, 2.24) is 0 Å². The van der Waals surface area contributed by atoms with Crippen molar-refractivity contribution in [2.75, 3.05) is 0 Å². The molecule has 0 heterocycles. The zero-order chi connectivity index (χ0) is 13.0. The van der Waals surface area contributed by atoms with E-state index in [1.165, 1.54) is 44.9 Å². The monoisotopic (exact) mass is 314 g/mol. The lowest BCUT2D eigenvalue weighted by atomic mass is 9.70. The minimum atomic E-state index is 0.418. The number of hydrogen-bond acceptors (Lipinski definition) is 1. The predicted molar refractivity (Wildman–Crippen MR) is 79.1 cm³/mol. The molecule has 18 heavy (non-hydrogen) atoms. The molecule has 0 amide bonds. The molecule has 0 spiro atoms. The summed E-state index contributed by atoms with van der Waals surface area (Å²) in [6.07, 6.45) is 10.3. The third kappa shape index (κ3) is 1.82. The lowest BCUT2D eigenvalue weighted by Crippen LogP contribution is -2.41. The van der Waals surface area contributed by atoms with Crippen molar-refractivity contribution in [3.63, 3.8) is 0 Å². The Bertz CT molecular complexity index is 327. The molecule has 5 unspecified atom stereocenters. The first-order valence-electron chi connectivity index (χ1n) is 7.75. The minimum Gasteiger partial charge on any atom is -0.373 e. The number of rotatable bonds is 2. The van der Waals surface area contributed by atoms with Gasteiger partial charge < -0.3 is 4.74 Å². The first-order valence-corrected chi connectivity index (χ1v) is 8.66. The van der Waals surface area contributed by atoms with Crippen molar-refractivity contribution in [1.29, 1.82) is 0 Å². The van der Waals surface area contributed by atoms with E-state index in [1.807, 2.05) is 0 Å². The molecule has 0 aromatic carbocycles. The number of fused-ring (bicyclic) bond motifs is 2. The summed E-state index contributed by atoms with van der Waals surface area (Å²) in [6.45, 7) is 7.43. The molecule has 0 N–H and O–H groups in total. The van der Waals surface area contributed by atoms with Crippen LogP contribution < -0.4 is 0 Å². The highest BCUT2D eigenvalue weighted by Gasteiger charge is 2.62. The van der Waals surface area contributed by atoms with Crippen molar-refractivity contribution in [2.45, 2.75) is 82.8 Å². The maximum atomic E-state index is 6.59. The maximum absolute atomic E-state index is 6.59. The lowest BCUT2D eigenvalue weighted by molar-refractivity contribution is -0.0931. The van der Waals surface area contributed by atoms with E-state index in [9.17, 15) is 0 Å². The Hall–Kier alpha value is 0.440. The van der Waals surface area contributed by atoms with E-state index >= 15 is 0 Å². The number of hydrogen-bond donors (Lipinski definition) is 0. The normalized spacial score (nSPS) is 50.7. The third-order valence-corrected chi connectivity index (χ3v) is 7.72. The van der Waals surface area contributed by atoms with E-state index in [-0.39, 0.29) is 0 Å². The maximum Gasteiger partial charge on any atom is 0.0704 e. The number of halogens is 1. The Labute approximate surface area is 120 Å². The van der Waals surface area contributed by atoms with Crippen LogP contribution in [0.4, 0.5) is 0 Å². The second kappa shape index (κ2) is 4.48. The van der Waals surface area contributed by atoms with E-state index in [1.54, 1.807) is 0 Å². The molecule has 5 atom stereocenters. The number of ether oxygens (including phenoxy) is 1. The predicted octanol–water partition coefficient (Wildman–Crippen LogP) is 4.92. The van der Waals surface area contributed by atoms with E-state index in [0.717, 1.165) is 5.92 Å². The van der Waals surface area contributed by atoms with Crippen molar-refractivity contribution < 1.29 is 4.74 Å². The summed E-state index contributed by atoms with van der Waals surface area (Å²) in [7, 11) is 0. The van der Waals surface area contributed by atoms with E-state index in [0.29, 0.717) is 27.9 Å². The Morgan fingerprint density at radius 1 is 1.06 bits per heavy atom. The standard InChI is InChI=1S/C16H27BrO/c1-15(2)11-8-9-16(15,3)14(10-11)18-13-7-5-4-6-12(13)17/h11-14H,4-10H2,1-3H3. The summed E-state index contributed by atoms with van der Waals surface area (Å²) in [5, 5.41) is 0. The van der Waals surface area contributed by atoms with Gasteiger partial charge in [0, 0.05) is 4.83 Å². The Kier molecular flexibility index (Phi) is 3.34. The van der Waals surface area contributed by atoms with Crippen LogP contribution in [0.5, 0.6) is 0 Å². The molecule has 3 saturated carbocycles. The fourth-order valence-electron chi connectivity index (χ4n) is 4.75. The van der Waals surface area contributed by atoms with Gasteiger partial charge in [0.1, 0.15) is 0 Å². The average molecular weight is 315 g/mol. The topological polar surface area (TPSA) is 9.23 Å². The quantitative estimate of drug-likeness (QED) is 0.657. The zero-order valence-corrected chi connectivity index (χ0v) is 13.6. The van der Waals surface area contributed by atoms with Crippen LogP contribution in [0.3, 0.4) is 0 Å². The first kappa shape index (κ1) is 13.4. The Morgan fingerprint density at radius 3 is 2.33 bits per heavy atom. The van der Waals surface area contributed by atoms with Crippen LogP contribution in [0.15, 0.2) is 0 Å². The van der Waals surface area contributed by atoms with Crippen LogP contribution in [0.1, 0.15) is 65.7 Å².